The van der Waals surface area contributed by atoms with Crippen LogP contribution in [0.25, 0.3) is 0 Å². The van der Waals surface area contributed by atoms with Crippen molar-refractivity contribution in [3.63, 3.8) is 0 Å². The lowest BCUT2D eigenvalue weighted by Gasteiger charge is -2.32. The van der Waals surface area contributed by atoms with Gasteiger partial charge in [-0.1, -0.05) is 5.92 Å². The number of thioether (sulfide) groups is 1. The van der Waals surface area contributed by atoms with Crippen molar-refractivity contribution in [2.75, 3.05) is 18.9 Å². The molecule has 5 heteroatoms. The molecule has 1 aliphatic heterocycles. The van der Waals surface area contributed by atoms with Gasteiger partial charge in [-0.2, -0.15) is 11.8 Å². The maximum absolute atomic E-state index is 11.5. The first-order chi connectivity index (χ1) is 7.04. The first-order valence-corrected chi connectivity index (χ1v) is 5.77. The zero-order chi connectivity index (χ0) is 11.5. The fourth-order valence-electron chi connectivity index (χ4n) is 1.64. The molecule has 1 heterocycles. The maximum Gasteiger partial charge on any atom is 0.226 e. The highest BCUT2D eigenvalue weighted by molar-refractivity contribution is 8.00. The summed E-state index contributed by atoms with van der Waals surface area (Å²) >= 11 is 1.39. The molecular formula is C10H15NO3S. The monoisotopic (exact) mass is 229 g/mol. The molecule has 84 valence electrons. The summed E-state index contributed by atoms with van der Waals surface area (Å²) in [6.07, 6.45) is 5.41. The molecule has 0 aromatic heterocycles. The number of hydrogen-bond acceptors (Lipinski definition) is 4. The average molecular weight is 229 g/mol. The van der Waals surface area contributed by atoms with Crippen molar-refractivity contribution in [1.29, 1.82) is 0 Å². The minimum Gasteiger partial charge on any atom is -0.396 e. The number of aliphatic hydroxyl groups is 2. The lowest BCUT2D eigenvalue weighted by atomic mass is 10.2. The number of aliphatic hydroxyl groups excluding tert-OH is 1. The molecule has 1 fully saturated rings. The van der Waals surface area contributed by atoms with Gasteiger partial charge in [0.05, 0.1) is 18.4 Å². The van der Waals surface area contributed by atoms with Gasteiger partial charge in [0, 0.05) is 12.2 Å². The first kappa shape index (κ1) is 12.4. The molecule has 2 N–H and O–H groups in total. The summed E-state index contributed by atoms with van der Waals surface area (Å²) in [4.78, 5) is 12.9. The Labute approximate surface area is 93.7 Å². The Morgan fingerprint density at radius 2 is 2.47 bits per heavy atom. The van der Waals surface area contributed by atoms with Crippen LogP contribution in [0.15, 0.2) is 0 Å². The number of carbonyl (C=O) groups excluding carboxylic acids is 1. The molecule has 0 saturated carbocycles. The predicted molar refractivity (Wildman–Crippen MR) is 59.1 cm³/mol. The van der Waals surface area contributed by atoms with Gasteiger partial charge in [-0.25, -0.2) is 0 Å². The van der Waals surface area contributed by atoms with E-state index in [0.29, 0.717) is 5.75 Å². The highest BCUT2D eigenvalue weighted by Crippen LogP contribution is 2.36. The summed E-state index contributed by atoms with van der Waals surface area (Å²) in [6.45, 7) is 1.76. The highest BCUT2D eigenvalue weighted by atomic mass is 32.2. The molecule has 1 saturated heterocycles. The van der Waals surface area contributed by atoms with Crippen molar-refractivity contribution in [2.45, 2.75) is 24.3 Å². The summed E-state index contributed by atoms with van der Waals surface area (Å²) in [5.41, 5.74) is -1.21. The standard InChI is InChI=1S/C10H15NO3S/c1-3-4-11-9(13)7-8(10(11,2)14)15-6-5-12/h1,8,12,14H,4-7H2,2H3. The zero-order valence-corrected chi connectivity index (χ0v) is 9.46. The third-order valence-corrected chi connectivity index (χ3v) is 3.91. The molecule has 0 bridgehead atoms. The molecule has 0 aromatic carbocycles. The zero-order valence-electron chi connectivity index (χ0n) is 8.64. The van der Waals surface area contributed by atoms with Crippen molar-refractivity contribution in [3.05, 3.63) is 0 Å². The van der Waals surface area contributed by atoms with E-state index >= 15 is 0 Å². The molecule has 0 aromatic rings. The lowest BCUT2D eigenvalue weighted by Crippen LogP contribution is -2.48. The fraction of sp³-hybridized carbons (Fsp3) is 0.700. The van der Waals surface area contributed by atoms with Crippen LogP contribution in [0.4, 0.5) is 0 Å². The van der Waals surface area contributed by atoms with Crippen molar-refractivity contribution >= 4 is 17.7 Å². The topological polar surface area (TPSA) is 60.8 Å². The van der Waals surface area contributed by atoms with E-state index in [-0.39, 0.29) is 30.7 Å². The fourth-order valence-corrected chi connectivity index (χ4v) is 2.73. The van der Waals surface area contributed by atoms with Crippen LogP contribution in [0, 0.1) is 12.3 Å². The van der Waals surface area contributed by atoms with E-state index < -0.39 is 5.72 Å². The molecule has 0 radical (unpaired) electrons. The highest BCUT2D eigenvalue weighted by Gasteiger charge is 2.47. The minimum atomic E-state index is -1.21. The molecule has 0 aliphatic carbocycles. The van der Waals surface area contributed by atoms with E-state index in [1.807, 2.05) is 0 Å². The normalized spacial score (nSPS) is 30.7. The van der Waals surface area contributed by atoms with Crippen LogP contribution in [0.3, 0.4) is 0 Å². The minimum absolute atomic E-state index is 0.0422. The second-order valence-corrected chi connectivity index (χ2v) is 4.88. The number of hydrogen-bond donors (Lipinski definition) is 2. The lowest BCUT2D eigenvalue weighted by molar-refractivity contribution is -0.140. The van der Waals surface area contributed by atoms with Crippen LogP contribution in [0.2, 0.25) is 0 Å². The van der Waals surface area contributed by atoms with Crippen LogP contribution in [-0.4, -0.2) is 50.9 Å². The largest absolute Gasteiger partial charge is 0.396 e. The molecule has 2 atom stereocenters. The Morgan fingerprint density at radius 1 is 1.80 bits per heavy atom. The summed E-state index contributed by atoms with van der Waals surface area (Å²) < 4.78 is 0. The smallest absolute Gasteiger partial charge is 0.226 e. The van der Waals surface area contributed by atoms with Gasteiger partial charge in [0.15, 0.2) is 0 Å². The molecular weight excluding hydrogens is 214 g/mol. The van der Waals surface area contributed by atoms with Gasteiger partial charge < -0.3 is 15.1 Å². The van der Waals surface area contributed by atoms with Crippen LogP contribution in [0.1, 0.15) is 13.3 Å². The van der Waals surface area contributed by atoms with Crippen molar-refractivity contribution in [3.8, 4) is 12.3 Å². The van der Waals surface area contributed by atoms with Gasteiger partial charge in [-0.15, -0.1) is 6.42 Å². The Morgan fingerprint density at radius 3 is 3.00 bits per heavy atom. The summed E-state index contributed by atoms with van der Waals surface area (Å²) in [6, 6.07) is 0. The van der Waals surface area contributed by atoms with E-state index in [4.69, 9.17) is 11.5 Å². The second kappa shape index (κ2) is 4.88. The predicted octanol–water partition coefficient (Wildman–Crippen LogP) is -0.346. The van der Waals surface area contributed by atoms with Gasteiger partial charge in [0.25, 0.3) is 0 Å². The van der Waals surface area contributed by atoms with Crippen LogP contribution in [-0.2, 0) is 4.79 Å². The van der Waals surface area contributed by atoms with E-state index in [1.165, 1.54) is 16.7 Å². The van der Waals surface area contributed by atoms with Crippen LogP contribution >= 0.6 is 11.8 Å². The van der Waals surface area contributed by atoms with E-state index in [1.54, 1.807) is 6.92 Å². The number of nitrogens with zero attached hydrogens (tertiary/aromatic N) is 1. The number of likely N-dealkylation sites (tertiary alicyclic amines) is 1. The maximum atomic E-state index is 11.5. The molecule has 2 unspecified atom stereocenters. The molecule has 1 aliphatic rings. The van der Waals surface area contributed by atoms with Crippen LogP contribution in [0.5, 0.6) is 0 Å². The Balaban J connectivity index is 2.71. The van der Waals surface area contributed by atoms with Crippen molar-refractivity contribution < 1.29 is 15.0 Å². The molecule has 4 nitrogen and oxygen atoms in total. The average Bonchev–Trinajstić information content (AvgIpc) is 2.38. The number of terminal acetylenes is 1. The van der Waals surface area contributed by atoms with Gasteiger partial charge in [0.1, 0.15) is 5.72 Å². The van der Waals surface area contributed by atoms with Gasteiger partial charge >= 0.3 is 0 Å². The number of carbonyl (C=O) groups is 1. The molecule has 1 amide bonds. The first-order valence-electron chi connectivity index (χ1n) is 4.72. The van der Waals surface area contributed by atoms with Crippen molar-refractivity contribution in [2.24, 2.45) is 0 Å². The quantitative estimate of drug-likeness (QED) is 0.647. The molecule has 1 rings (SSSR count). The second-order valence-electron chi connectivity index (χ2n) is 3.57. The summed E-state index contributed by atoms with van der Waals surface area (Å²) in [5, 5.41) is 18.6. The summed E-state index contributed by atoms with van der Waals surface area (Å²) in [7, 11) is 0. The number of rotatable bonds is 4. The van der Waals surface area contributed by atoms with Crippen LogP contribution < -0.4 is 0 Å². The van der Waals surface area contributed by atoms with Gasteiger partial charge in [-0.3, -0.25) is 4.79 Å². The van der Waals surface area contributed by atoms with Gasteiger partial charge in [-0.05, 0) is 6.92 Å². The molecule has 0 spiro atoms. The summed E-state index contributed by atoms with van der Waals surface area (Å²) in [5.74, 6) is 2.74. The molecule has 15 heavy (non-hydrogen) atoms. The van der Waals surface area contributed by atoms with E-state index in [2.05, 4.69) is 5.92 Å². The SMILES string of the molecule is C#CCN1C(=O)CC(SCCO)C1(C)O. The third kappa shape index (κ3) is 2.46. The Bertz CT molecular complexity index is 285. The van der Waals surface area contributed by atoms with Crippen molar-refractivity contribution in [1.82, 2.24) is 4.90 Å². The number of amides is 1. The Hall–Kier alpha value is -0.700. The van der Waals surface area contributed by atoms with E-state index in [0.717, 1.165) is 0 Å². The van der Waals surface area contributed by atoms with Gasteiger partial charge in [0.2, 0.25) is 5.91 Å². The van der Waals surface area contributed by atoms with E-state index in [9.17, 15) is 9.90 Å². The Kier molecular flexibility index (Phi) is 4.03. The third-order valence-electron chi connectivity index (χ3n) is 2.48.